The minimum atomic E-state index is 0.970. The zero-order valence-electron chi connectivity index (χ0n) is 10.6. The van der Waals surface area contributed by atoms with E-state index in [1.165, 1.54) is 0 Å². The van der Waals surface area contributed by atoms with Crippen molar-refractivity contribution in [2.24, 2.45) is 0 Å². The molecule has 0 spiro atoms. The first-order chi connectivity index (χ1) is 9.20. The number of aromatic nitrogens is 2. The van der Waals surface area contributed by atoms with E-state index in [0.29, 0.717) is 0 Å². The highest BCUT2D eigenvalue weighted by Gasteiger charge is 2.10. The van der Waals surface area contributed by atoms with E-state index in [1.807, 2.05) is 12.1 Å². The van der Waals surface area contributed by atoms with Crippen LogP contribution in [0.1, 0.15) is 18.4 Å². The molecule has 3 nitrogen and oxygen atoms in total. The standard InChI is InChI=1S/C13H15Br2N3S/c1-2-16-7-3-4-12-17-18-13(19-12)10-6-5-9(14)8-11(10)15/h5-6,8,16H,2-4,7H2,1H3. The summed E-state index contributed by atoms with van der Waals surface area (Å²) in [4.78, 5) is 0. The predicted octanol–water partition coefficient (Wildman–Crippen LogP) is 4.27. The molecule has 0 aliphatic carbocycles. The van der Waals surface area contributed by atoms with Crippen LogP contribution in [-0.2, 0) is 6.42 Å². The Bertz CT molecular complexity index is 542. The molecule has 0 saturated carbocycles. The van der Waals surface area contributed by atoms with Gasteiger partial charge in [0.2, 0.25) is 0 Å². The molecule has 1 N–H and O–H groups in total. The van der Waals surface area contributed by atoms with Crippen LogP contribution in [0.5, 0.6) is 0 Å². The molecule has 0 aliphatic heterocycles. The Morgan fingerprint density at radius 3 is 2.84 bits per heavy atom. The largest absolute Gasteiger partial charge is 0.317 e. The van der Waals surface area contributed by atoms with Crippen LogP contribution in [0.3, 0.4) is 0 Å². The monoisotopic (exact) mass is 403 g/mol. The Labute approximate surface area is 134 Å². The zero-order valence-corrected chi connectivity index (χ0v) is 14.6. The van der Waals surface area contributed by atoms with Gasteiger partial charge in [0.15, 0.2) is 0 Å². The van der Waals surface area contributed by atoms with Crippen LogP contribution in [-0.4, -0.2) is 23.3 Å². The highest BCUT2D eigenvalue weighted by atomic mass is 79.9. The minimum Gasteiger partial charge on any atom is -0.317 e. The van der Waals surface area contributed by atoms with Crippen LogP contribution in [0.2, 0.25) is 0 Å². The number of benzene rings is 1. The molecule has 0 atom stereocenters. The van der Waals surface area contributed by atoms with E-state index in [1.54, 1.807) is 11.3 Å². The number of hydrogen-bond acceptors (Lipinski definition) is 4. The van der Waals surface area contributed by atoms with Crippen LogP contribution in [0.15, 0.2) is 27.1 Å². The first-order valence-electron chi connectivity index (χ1n) is 6.19. The number of nitrogens with zero attached hydrogens (tertiary/aromatic N) is 2. The fraction of sp³-hybridized carbons (Fsp3) is 0.385. The molecule has 2 aromatic rings. The highest BCUT2D eigenvalue weighted by molar-refractivity contribution is 9.11. The lowest BCUT2D eigenvalue weighted by atomic mass is 10.2. The van der Waals surface area contributed by atoms with Crippen LogP contribution < -0.4 is 5.32 Å². The summed E-state index contributed by atoms with van der Waals surface area (Å²) in [5.41, 5.74) is 1.10. The van der Waals surface area contributed by atoms with Crippen molar-refractivity contribution < 1.29 is 0 Å². The zero-order chi connectivity index (χ0) is 13.7. The lowest BCUT2D eigenvalue weighted by molar-refractivity contribution is 0.669. The van der Waals surface area contributed by atoms with Crippen molar-refractivity contribution in [1.82, 2.24) is 15.5 Å². The molecule has 19 heavy (non-hydrogen) atoms. The third kappa shape index (κ3) is 4.34. The summed E-state index contributed by atoms with van der Waals surface area (Å²) >= 11 is 8.69. The van der Waals surface area contributed by atoms with Gasteiger partial charge in [-0.3, -0.25) is 0 Å². The molecule has 102 valence electrons. The van der Waals surface area contributed by atoms with Gasteiger partial charge in [-0.1, -0.05) is 50.1 Å². The van der Waals surface area contributed by atoms with E-state index >= 15 is 0 Å². The van der Waals surface area contributed by atoms with Crippen LogP contribution in [0.4, 0.5) is 0 Å². The van der Waals surface area contributed by atoms with Gasteiger partial charge in [0, 0.05) is 20.9 Å². The number of rotatable bonds is 6. The van der Waals surface area contributed by atoms with E-state index in [4.69, 9.17) is 0 Å². The van der Waals surface area contributed by atoms with E-state index in [9.17, 15) is 0 Å². The lowest BCUT2D eigenvalue weighted by Gasteiger charge is -2.00. The Morgan fingerprint density at radius 1 is 1.26 bits per heavy atom. The summed E-state index contributed by atoms with van der Waals surface area (Å²) in [7, 11) is 0. The maximum atomic E-state index is 4.28. The topological polar surface area (TPSA) is 37.8 Å². The minimum absolute atomic E-state index is 0.970. The molecule has 2 rings (SSSR count). The van der Waals surface area contributed by atoms with E-state index in [-0.39, 0.29) is 0 Å². The van der Waals surface area contributed by atoms with Gasteiger partial charge in [-0.2, -0.15) is 0 Å². The summed E-state index contributed by atoms with van der Waals surface area (Å²) in [6, 6.07) is 6.10. The van der Waals surface area contributed by atoms with Crippen molar-refractivity contribution in [3.63, 3.8) is 0 Å². The van der Waals surface area contributed by atoms with Gasteiger partial charge >= 0.3 is 0 Å². The Balaban J connectivity index is 2.04. The van der Waals surface area contributed by atoms with Gasteiger partial charge < -0.3 is 5.32 Å². The maximum absolute atomic E-state index is 4.28. The highest BCUT2D eigenvalue weighted by Crippen LogP contribution is 2.32. The Kier molecular flexibility index (Phi) is 5.94. The van der Waals surface area contributed by atoms with Gasteiger partial charge in [0.05, 0.1) is 0 Å². The number of aryl methyl sites for hydroxylation is 1. The second-order valence-corrected chi connectivity index (χ2v) is 6.91. The molecule has 1 aromatic heterocycles. The predicted molar refractivity (Wildman–Crippen MR) is 87.6 cm³/mol. The number of halogens is 2. The van der Waals surface area contributed by atoms with Crippen molar-refractivity contribution in [2.45, 2.75) is 19.8 Å². The van der Waals surface area contributed by atoms with E-state index in [2.05, 4.69) is 60.4 Å². The van der Waals surface area contributed by atoms with Crippen molar-refractivity contribution in [3.8, 4) is 10.6 Å². The van der Waals surface area contributed by atoms with Gasteiger partial charge in [-0.15, -0.1) is 10.2 Å². The molecular weight excluding hydrogens is 390 g/mol. The van der Waals surface area contributed by atoms with Gasteiger partial charge in [0.1, 0.15) is 10.0 Å². The average Bonchev–Trinajstić information content (AvgIpc) is 2.83. The Hall–Kier alpha value is -0.300. The number of hydrogen-bond donors (Lipinski definition) is 1. The summed E-state index contributed by atoms with van der Waals surface area (Å²) in [5, 5.41) is 13.9. The molecular formula is C13H15Br2N3S. The van der Waals surface area contributed by atoms with Crippen LogP contribution in [0.25, 0.3) is 10.6 Å². The molecule has 0 fully saturated rings. The average molecular weight is 405 g/mol. The maximum Gasteiger partial charge on any atom is 0.148 e. The lowest BCUT2D eigenvalue weighted by Crippen LogP contribution is -2.14. The van der Waals surface area contributed by atoms with Gasteiger partial charge in [-0.05, 0) is 37.7 Å². The fourth-order valence-electron chi connectivity index (χ4n) is 1.67. The van der Waals surface area contributed by atoms with Crippen LogP contribution in [0, 0.1) is 0 Å². The summed E-state index contributed by atoms with van der Waals surface area (Å²) in [6.45, 7) is 4.18. The van der Waals surface area contributed by atoms with Gasteiger partial charge in [0.25, 0.3) is 0 Å². The van der Waals surface area contributed by atoms with Crippen molar-refractivity contribution >= 4 is 43.2 Å². The molecule has 0 radical (unpaired) electrons. The molecule has 0 saturated heterocycles. The quantitative estimate of drug-likeness (QED) is 0.730. The van der Waals surface area contributed by atoms with Crippen molar-refractivity contribution in [3.05, 3.63) is 32.2 Å². The third-order valence-corrected chi connectivity index (χ3v) is 4.79. The van der Waals surface area contributed by atoms with E-state index in [0.717, 1.165) is 50.5 Å². The number of nitrogens with one attached hydrogen (secondary N) is 1. The molecule has 1 aromatic carbocycles. The van der Waals surface area contributed by atoms with E-state index < -0.39 is 0 Å². The molecule has 0 bridgehead atoms. The summed E-state index contributed by atoms with van der Waals surface area (Å²) in [6.07, 6.45) is 2.09. The van der Waals surface area contributed by atoms with Crippen molar-refractivity contribution in [1.29, 1.82) is 0 Å². The Morgan fingerprint density at radius 2 is 2.11 bits per heavy atom. The molecule has 0 aliphatic rings. The molecule has 1 heterocycles. The summed E-state index contributed by atoms with van der Waals surface area (Å²) in [5.74, 6) is 0. The van der Waals surface area contributed by atoms with Crippen molar-refractivity contribution in [2.75, 3.05) is 13.1 Å². The van der Waals surface area contributed by atoms with Gasteiger partial charge in [-0.25, -0.2) is 0 Å². The molecule has 0 amide bonds. The fourth-order valence-corrected chi connectivity index (χ4v) is 3.95. The smallest absolute Gasteiger partial charge is 0.148 e. The summed E-state index contributed by atoms with van der Waals surface area (Å²) < 4.78 is 2.09. The van der Waals surface area contributed by atoms with Crippen LogP contribution >= 0.6 is 43.2 Å². The first-order valence-corrected chi connectivity index (χ1v) is 8.59. The molecule has 6 heteroatoms. The second-order valence-electron chi connectivity index (χ2n) is 4.08. The SMILES string of the molecule is CCNCCCc1nnc(-c2ccc(Br)cc2Br)s1. The third-order valence-electron chi connectivity index (χ3n) is 2.62. The molecule has 0 unspecified atom stereocenters. The first kappa shape index (κ1) is 15.1. The normalized spacial score (nSPS) is 10.9. The second kappa shape index (κ2) is 7.47.